The van der Waals surface area contributed by atoms with E-state index in [4.69, 9.17) is 4.74 Å². The fourth-order valence-corrected chi connectivity index (χ4v) is 2.32. The monoisotopic (exact) mass is 263 g/mol. The number of urea groups is 1. The van der Waals surface area contributed by atoms with Gasteiger partial charge in [0.1, 0.15) is 5.75 Å². The standard InChI is InChI=1S/C14H21N3O2/c1-3-15-14(18)16-11-7-8-17(10-11)12-5-4-6-13(9-12)19-2/h4-6,9,11H,3,7-8,10H2,1-2H3,(H2,15,16,18)/t11-/m0/s1. The smallest absolute Gasteiger partial charge is 0.315 e. The first-order chi connectivity index (χ1) is 9.22. The summed E-state index contributed by atoms with van der Waals surface area (Å²) in [6, 6.07) is 8.13. The number of nitrogens with one attached hydrogen (secondary N) is 2. The van der Waals surface area contributed by atoms with Crippen molar-refractivity contribution in [3.05, 3.63) is 24.3 Å². The minimum Gasteiger partial charge on any atom is -0.497 e. The maximum atomic E-state index is 11.5. The molecule has 0 bridgehead atoms. The lowest BCUT2D eigenvalue weighted by Gasteiger charge is -2.19. The lowest BCUT2D eigenvalue weighted by Crippen LogP contribution is -2.43. The molecule has 1 aliphatic heterocycles. The van der Waals surface area contributed by atoms with Crippen molar-refractivity contribution < 1.29 is 9.53 Å². The van der Waals surface area contributed by atoms with E-state index < -0.39 is 0 Å². The average Bonchev–Trinajstić information content (AvgIpc) is 2.87. The van der Waals surface area contributed by atoms with E-state index in [1.165, 1.54) is 0 Å². The molecule has 5 nitrogen and oxygen atoms in total. The molecule has 0 aromatic heterocycles. The van der Waals surface area contributed by atoms with Gasteiger partial charge in [0, 0.05) is 37.4 Å². The molecule has 1 heterocycles. The Labute approximate surface area is 113 Å². The first kappa shape index (κ1) is 13.5. The summed E-state index contributed by atoms with van der Waals surface area (Å²) in [6.45, 7) is 4.35. The number of ether oxygens (including phenoxy) is 1. The molecule has 1 aliphatic rings. The molecule has 0 unspecified atom stereocenters. The number of anilines is 1. The SMILES string of the molecule is CCNC(=O)N[C@H]1CCN(c2cccc(OC)c2)C1. The van der Waals surface area contributed by atoms with Crippen molar-refractivity contribution in [3.8, 4) is 5.75 Å². The van der Waals surface area contributed by atoms with Crippen LogP contribution in [0.2, 0.25) is 0 Å². The van der Waals surface area contributed by atoms with Crippen LogP contribution in [0.15, 0.2) is 24.3 Å². The van der Waals surface area contributed by atoms with Gasteiger partial charge in [-0.25, -0.2) is 4.79 Å². The Morgan fingerprint density at radius 2 is 2.37 bits per heavy atom. The minimum atomic E-state index is -0.0833. The lowest BCUT2D eigenvalue weighted by molar-refractivity contribution is 0.238. The van der Waals surface area contributed by atoms with E-state index in [0.29, 0.717) is 6.54 Å². The van der Waals surface area contributed by atoms with Crippen molar-refractivity contribution in [1.82, 2.24) is 10.6 Å². The summed E-state index contributed by atoms with van der Waals surface area (Å²) in [4.78, 5) is 13.7. The van der Waals surface area contributed by atoms with Gasteiger partial charge in [0.15, 0.2) is 0 Å². The number of carbonyl (C=O) groups excluding carboxylic acids is 1. The van der Waals surface area contributed by atoms with Crippen LogP contribution < -0.4 is 20.3 Å². The molecule has 1 saturated heterocycles. The molecule has 1 aromatic rings. The Bertz CT molecular complexity index is 436. The van der Waals surface area contributed by atoms with Crippen LogP contribution in [-0.2, 0) is 0 Å². The second kappa shape index (κ2) is 6.31. The quantitative estimate of drug-likeness (QED) is 0.867. The van der Waals surface area contributed by atoms with Crippen molar-refractivity contribution in [2.75, 3.05) is 31.6 Å². The summed E-state index contributed by atoms with van der Waals surface area (Å²) in [5, 5.41) is 5.74. The maximum Gasteiger partial charge on any atom is 0.315 e. The van der Waals surface area contributed by atoms with Gasteiger partial charge < -0.3 is 20.3 Å². The van der Waals surface area contributed by atoms with Gasteiger partial charge in [0.2, 0.25) is 0 Å². The Hall–Kier alpha value is -1.91. The van der Waals surface area contributed by atoms with Gasteiger partial charge >= 0.3 is 6.03 Å². The molecule has 0 saturated carbocycles. The highest BCUT2D eigenvalue weighted by Crippen LogP contribution is 2.24. The minimum absolute atomic E-state index is 0.0833. The third-order valence-corrected chi connectivity index (χ3v) is 3.28. The topological polar surface area (TPSA) is 53.6 Å². The largest absolute Gasteiger partial charge is 0.497 e. The number of amides is 2. The summed E-state index contributed by atoms with van der Waals surface area (Å²) in [7, 11) is 1.67. The number of hydrogen-bond acceptors (Lipinski definition) is 3. The highest BCUT2D eigenvalue weighted by Gasteiger charge is 2.24. The van der Waals surface area contributed by atoms with Crippen molar-refractivity contribution >= 4 is 11.7 Å². The van der Waals surface area contributed by atoms with E-state index in [1.807, 2.05) is 25.1 Å². The van der Waals surface area contributed by atoms with E-state index in [2.05, 4.69) is 21.6 Å². The molecule has 19 heavy (non-hydrogen) atoms. The summed E-state index contributed by atoms with van der Waals surface area (Å²) >= 11 is 0. The van der Waals surface area contributed by atoms with E-state index in [9.17, 15) is 4.79 Å². The average molecular weight is 263 g/mol. The fourth-order valence-electron chi connectivity index (χ4n) is 2.32. The molecular formula is C14H21N3O2. The highest BCUT2D eigenvalue weighted by atomic mass is 16.5. The van der Waals surface area contributed by atoms with Crippen molar-refractivity contribution in [1.29, 1.82) is 0 Å². The second-order valence-electron chi connectivity index (χ2n) is 4.64. The number of hydrogen-bond donors (Lipinski definition) is 2. The van der Waals surface area contributed by atoms with Gasteiger partial charge in [-0.1, -0.05) is 6.07 Å². The van der Waals surface area contributed by atoms with Crippen LogP contribution in [-0.4, -0.2) is 38.8 Å². The molecule has 2 N–H and O–H groups in total. The summed E-state index contributed by atoms with van der Waals surface area (Å²) in [6.07, 6.45) is 0.967. The molecule has 1 fully saturated rings. The predicted molar refractivity (Wildman–Crippen MR) is 75.8 cm³/mol. The van der Waals surface area contributed by atoms with Gasteiger partial charge in [-0.15, -0.1) is 0 Å². The van der Waals surface area contributed by atoms with Crippen LogP contribution in [0.5, 0.6) is 5.75 Å². The van der Waals surface area contributed by atoms with Gasteiger partial charge in [0.05, 0.1) is 7.11 Å². The Morgan fingerprint density at radius 3 is 3.11 bits per heavy atom. The maximum absolute atomic E-state index is 11.5. The molecule has 0 aliphatic carbocycles. The summed E-state index contributed by atoms with van der Waals surface area (Å²) in [5.41, 5.74) is 1.14. The number of methoxy groups -OCH3 is 1. The van der Waals surface area contributed by atoms with Gasteiger partial charge in [0.25, 0.3) is 0 Å². The first-order valence-electron chi connectivity index (χ1n) is 6.66. The van der Waals surface area contributed by atoms with Gasteiger partial charge in [-0.05, 0) is 25.5 Å². The van der Waals surface area contributed by atoms with Gasteiger partial charge in [-0.3, -0.25) is 0 Å². The van der Waals surface area contributed by atoms with E-state index in [-0.39, 0.29) is 12.1 Å². The zero-order valence-electron chi connectivity index (χ0n) is 11.5. The van der Waals surface area contributed by atoms with Crippen LogP contribution in [0.3, 0.4) is 0 Å². The predicted octanol–water partition coefficient (Wildman–Crippen LogP) is 1.59. The van der Waals surface area contributed by atoms with Crippen molar-refractivity contribution in [2.24, 2.45) is 0 Å². The zero-order valence-corrected chi connectivity index (χ0v) is 11.5. The number of rotatable bonds is 4. The molecule has 1 atom stereocenters. The Kier molecular flexibility index (Phi) is 4.49. The van der Waals surface area contributed by atoms with Crippen molar-refractivity contribution in [3.63, 3.8) is 0 Å². The van der Waals surface area contributed by atoms with Crippen LogP contribution in [0.4, 0.5) is 10.5 Å². The molecule has 5 heteroatoms. The van der Waals surface area contributed by atoms with Crippen LogP contribution in [0.25, 0.3) is 0 Å². The molecular weight excluding hydrogens is 242 g/mol. The summed E-state index contributed by atoms with van der Waals surface area (Å²) in [5.74, 6) is 0.859. The number of benzene rings is 1. The second-order valence-corrected chi connectivity index (χ2v) is 4.64. The highest BCUT2D eigenvalue weighted by molar-refractivity contribution is 5.74. The molecule has 2 amide bonds. The van der Waals surface area contributed by atoms with Crippen LogP contribution in [0.1, 0.15) is 13.3 Å². The Morgan fingerprint density at radius 1 is 1.53 bits per heavy atom. The zero-order chi connectivity index (χ0) is 13.7. The van der Waals surface area contributed by atoms with E-state index in [1.54, 1.807) is 7.11 Å². The van der Waals surface area contributed by atoms with Crippen LogP contribution in [0, 0.1) is 0 Å². The molecule has 0 radical (unpaired) electrons. The van der Waals surface area contributed by atoms with Crippen molar-refractivity contribution in [2.45, 2.75) is 19.4 Å². The lowest BCUT2D eigenvalue weighted by atomic mass is 10.2. The summed E-state index contributed by atoms with van der Waals surface area (Å²) < 4.78 is 5.23. The normalized spacial score (nSPS) is 18.2. The van der Waals surface area contributed by atoms with Crippen LogP contribution >= 0.6 is 0 Å². The fraction of sp³-hybridized carbons (Fsp3) is 0.500. The van der Waals surface area contributed by atoms with E-state index >= 15 is 0 Å². The van der Waals surface area contributed by atoms with Gasteiger partial charge in [-0.2, -0.15) is 0 Å². The molecule has 0 spiro atoms. The number of nitrogens with zero attached hydrogens (tertiary/aromatic N) is 1. The van der Waals surface area contributed by atoms with E-state index in [0.717, 1.165) is 30.9 Å². The first-order valence-corrected chi connectivity index (χ1v) is 6.66. The molecule has 104 valence electrons. The molecule has 2 rings (SSSR count). The third kappa shape index (κ3) is 3.53. The molecule has 1 aromatic carbocycles. The third-order valence-electron chi connectivity index (χ3n) is 3.28. The Balaban J connectivity index is 1.92. The number of carbonyl (C=O) groups is 1.